The molecule has 0 radical (unpaired) electrons. The fourth-order valence-corrected chi connectivity index (χ4v) is 6.84. The van der Waals surface area contributed by atoms with Crippen LogP contribution in [0.4, 0.5) is 22.0 Å². The highest BCUT2D eigenvalue weighted by Gasteiger charge is 2.51. The SMILES string of the molecule is O=C(c1cnc(Cl)cc1C(F)(F)F)N1CCC(c2cc(F)ccc2F)(S(=O)(=O)c2ccc(Cl)cc2)CC1. The molecule has 0 atom stereocenters. The van der Waals surface area contributed by atoms with Gasteiger partial charge in [0.25, 0.3) is 5.91 Å². The van der Waals surface area contributed by atoms with Gasteiger partial charge in [0.2, 0.25) is 0 Å². The first-order valence-corrected chi connectivity index (χ1v) is 13.0. The van der Waals surface area contributed by atoms with E-state index in [4.69, 9.17) is 23.2 Å². The number of aromatic nitrogens is 1. The maximum absolute atomic E-state index is 15.0. The molecule has 0 saturated carbocycles. The Morgan fingerprint density at radius 2 is 1.59 bits per heavy atom. The van der Waals surface area contributed by atoms with Crippen molar-refractivity contribution in [3.63, 3.8) is 0 Å². The van der Waals surface area contributed by atoms with Crippen molar-refractivity contribution >= 4 is 38.9 Å². The Morgan fingerprint density at radius 1 is 0.973 bits per heavy atom. The Balaban J connectivity index is 1.75. The molecule has 0 N–H and O–H groups in total. The molecule has 0 spiro atoms. The van der Waals surface area contributed by atoms with E-state index in [2.05, 4.69) is 4.98 Å². The molecule has 13 heteroatoms. The molecule has 196 valence electrons. The topological polar surface area (TPSA) is 67.3 Å². The number of nitrogens with zero attached hydrogens (tertiary/aromatic N) is 2. The van der Waals surface area contributed by atoms with Crippen LogP contribution in [0.1, 0.15) is 34.3 Å². The first-order valence-electron chi connectivity index (χ1n) is 10.7. The molecule has 0 unspecified atom stereocenters. The molecule has 1 aromatic heterocycles. The molecule has 2 heterocycles. The summed E-state index contributed by atoms with van der Waals surface area (Å²) >= 11 is 11.5. The van der Waals surface area contributed by atoms with Gasteiger partial charge in [0.1, 0.15) is 21.5 Å². The zero-order valence-electron chi connectivity index (χ0n) is 18.7. The summed E-state index contributed by atoms with van der Waals surface area (Å²) in [5.41, 5.74) is -2.49. The minimum atomic E-state index is -4.90. The molecule has 5 nitrogen and oxygen atoms in total. The third-order valence-electron chi connectivity index (χ3n) is 6.32. The Labute approximate surface area is 218 Å². The van der Waals surface area contributed by atoms with Gasteiger partial charge in [-0.3, -0.25) is 4.79 Å². The Bertz CT molecular complexity index is 1460. The van der Waals surface area contributed by atoms with Crippen molar-refractivity contribution in [2.24, 2.45) is 0 Å². The Kier molecular flexibility index (Phi) is 7.26. The van der Waals surface area contributed by atoms with Crippen LogP contribution in [0.5, 0.6) is 0 Å². The number of carbonyl (C=O) groups excluding carboxylic acids is 1. The summed E-state index contributed by atoms with van der Waals surface area (Å²) in [5.74, 6) is -2.89. The number of piperidine rings is 1. The van der Waals surface area contributed by atoms with E-state index in [0.29, 0.717) is 12.3 Å². The average molecular weight is 579 g/mol. The van der Waals surface area contributed by atoms with Crippen molar-refractivity contribution in [2.75, 3.05) is 13.1 Å². The van der Waals surface area contributed by atoms with Crippen molar-refractivity contribution in [3.8, 4) is 0 Å². The van der Waals surface area contributed by atoms with Gasteiger partial charge < -0.3 is 4.90 Å². The monoisotopic (exact) mass is 578 g/mol. The number of hydrogen-bond acceptors (Lipinski definition) is 4. The molecule has 4 rings (SSSR count). The minimum absolute atomic E-state index is 0.207. The van der Waals surface area contributed by atoms with E-state index in [1.165, 1.54) is 24.3 Å². The minimum Gasteiger partial charge on any atom is -0.338 e. The number of halogens is 7. The van der Waals surface area contributed by atoms with Crippen LogP contribution in [-0.4, -0.2) is 37.3 Å². The first kappa shape index (κ1) is 27.3. The van der Waals surface area contributed by atoms with E-state index in [1.54, 1.807) is 0 Å². The molecule has 1 saturated heterocycles. The molecule has 0 bridgehead atoms. The van der Waals surface area contributed by atoms with Gasteiger partial charge in [-0.15, -0.1) is 0 Å². The summed E-state index contributed by atoms with van der Waals surface area (Å²) in [6, 6.07) is 8.06. The van der Waals surface area contributed by atoms with E-state index in [0.717, 1.165) is 23.1 Å². The summed E-state index contributed by atoms with van der Waals surface area (Å²) in [6.07, 6.45) is -5.02. The second kappa shape index (κ2) is 9.85. The largest absolute Gasteiger partial charge is 0.417 e. The smallest absolute Gasteiger partial charge is 0.338 e. The maximum Gasteiger partial charge on any atom is 0.417 e. The van der Waals surface area contributed by atoms with E-state index < -0.39 is 73.0 Å². The zero-order chi connectivity index (χ0) is 27.2. The van der Waals surface area contributed by atoms with Crippen LogP contribution < -0.4 is 0 Å². The van der Waals surface area contributed by atoms with Crippen molar-refractivity contribution in [1.29, 1.82) is 0 Å². The van der Waals surface area contributed by atoms with Crippen LogP contribution in [0.2, 0.25) is 10.2 Å². The van der Waals surface area contributed by atoms with Gasteiger partial charge in [-0.05, 0) is 61.4 Å². The van der Waals surface area contributed by atoms with Gasteiger partial charge >= 0.3 is 6.18 Å². The van der Waals surface area contributed by atoms with Gasteiger partial charge in [-0.25, -0.2) is 22.2 Å². The number of alkyl halides is 3. The van der Waals surface area contributed by atoms with Gasteiger partial charge in [0, 0.05) is 29.9 Å². The van der Waals surface area contributed by atoms with Crippen molar-refractivity contribution < 1.29 is 35.2 Å². The van der Waals surface area contributed by atoms with Crippen LogP contribution >= 0.6 is 23.2 Å². The van der Waals surface area contributed by atoms with Crippen molar-refractivity contribution in [2.45, 2.75) is 28.7 Å². The lowest BCUT2D eigenvalue weighted by Crippen LogP contribution is -2.49. The molecule has 1 aliphatic heterocycles. The van der Waals surface area contributed by atoms with E-state index >= 15 is 0 Å². The zero-order valence-corrected chi connectivity index (χ0v) is 21.0. The fourth-order valence-electron chi connectivity index (χ4n) is 4.45. The highest BCUT2D eigenvalue weighted by atomic mass is 35.5. The number of likely N-dealkylation sites (tertiary alicyclic amines) is 1. The number of carbonyl (C=O) groups is 1. The van der Waals surface area contributed by atoms with Crippen LogP contribution in [0, 0.1) is 11.6 Å². The van der Waals surface area contributed by atoms with Crippen LogP contribution in [0.15, 0.2) is 59.6 Å². The van der Waals surface area contributed by atoms with Gasteiger partial charge in [-0.1, -0.05) is 23.2 Å². The van der Waals surface area contributed by atoms with Gasteiger partial charge in [-0.2, -0.15) is 13.2 Å². The third-order valence-corrected chi connectivity index (χ3v) is 9.33. The standard InChI is InChI=1S/C24H17Cl2F5N2O3S/c25-14-1-4-16(5-2-14)37(35,36)23(19-11-15(27)3-6-20(19)28)7-9-33(10-8-23)22(34)17-13-32-21(26)12-18(17)24(29,30)31/h1-6,11-13H,7-10H2. The molecule has 1 fully saturated rings. The quantitative estimate of drug-likeness (QED) is 0.269. The second-order valence-electron chi connectivity index (χ2n) is 8.42. The third kappa shape index (κ3) is 5.04. The Hall–Kier alpha value is -2.76. The molecular weight excluding hydrogens is 562 g/mol. The summed E-state index contributed by atoms with van der Waals surface area (Å²) < 4.78 is 95.4. The highest BCUT2D eigenvalue weighted by Crippen LogP contribution is 2.46. The number of benzene rings is 2. The Morgan fingerprint density at radius 3 is 2.19 bits per heavy atom. The van der Waals surface area contributed by atoms with Crippen LogP contribution in [0.3, 0.4) is 0 Å². The molecule has 2 aromatic carbocycles. The number of hydrogen-bond donors (Lipinski definition) is 0. The van der Waals surface area contributed by atoms with E-state index in [-0.39, 0.29) is 23.0 Å². The maximum atomic E-state index is 15.0. The molecule has 37 heavy (non-hydrogen) atoms. The molecule has 0 aliphatic carbocycles. The summed E-state index contributed by atoms with van der Waals surface area (Å²) in [4.78, 5) is 17.4. The van der Waals surface area contributed by atoms with E-state index in [9.17, 15) is 35.2 Å². The molecule has 3 aromatic rings. The second-order valence-corrected chi connectivity index (χ2v) is 11.5. The first-order chi connectivity index (χ1) is 17.3. The highest BCUT2D eigenvalue weighted by molar-refractivity contribution is 7.92. The lowest BCUT2D eigenvalue weighted by Gasteiger charge is -2.41. The van der Waals surface area contributed by atoms with Crippen molar-refractivity contribution in [3.05, 3.63) is 93.2 Å². The van der Waals surface area contributed by atoms with Crippen LogP contribution in [-0.2, 0) is 20.8 Å². The molecule has 1 aliphatic rings. The summed E-state index contributed by atoms with van der Waals surface area (Å²) in [6.45, 7) is -0.719. The fraction of sp³-hybridized carbons (Fsp3) is 0.250. The number of pyridine rings is 1. The molecule has 1 amide bonds. The number of amides is 1. The predicted octanol–water partition coefficient (Wildman–Crippen LogP) is 6.29. The molecular formula is C24H17Cl2F5N2O3S. The lowest BCUT2D eigenvalue weighted by atomic mass is 9.87. The van der Waals surface area contributed by atoms with Gasteiger partial charge in [0.05, 0.1) is 16.0 Å². The normalized spacial score (nSPS) is 16.0. The van der Waals surface area contributed by atoms with E-state index in [1.807, 2.05) is 0 Å². The summed E-state index contributed by atoms with van der Waals surface area (Å²) in [7, 11) is -4.40. The van der Waals surface area contributed by atoms with Crippen LogP contribution in [0.25, 0.3) is 0 Å². The summed E-state index contributed by atoms with van der Waals surface area (Å²) in [5, 5.41) is -0.209. The predicted molar refractivity (Wildman–Crippen MR) is 126 cm³/mol. The van der Waals surface area contributed by atoms with Gasteiger partial charge in [0.15, 0.2) is 9.84 Å². The number of rotatable bonds is 4. The average Bonchev–Trinajstić information content (AvgIpc) is 2.85. The number of sulfone groups is 1. The van der Waals surface area contributed by atoms with Crippen molar-refractivity contribution in [1.82, 2.24) is 9.88 Å². The lowest BCUT2D eigenvalue weighted by molar-refractivity contribution is -0.138.